The predicted octanol–water partition coefficient (Wildman–Crippen LogP) is 4.76. The second kappa shape index (κ2) is 6.90. The largest absolute Gasteiger partial charge is 0.306 e. The molecule has 1 aromatic carbocycles. The normalized spacial score (nSPS) is 11.0. The average Bonchev–Trinajstić information content (AvgIpc) is 3.20. The maximum Gasteiger partial charge on any atom is 0.266 e. The SMILES string of the molecule is Cc1nn(Cc2ccccc2Cl)c2sc(C(=O)Nc3ccccn3)cc12. The molecule has 0 fully saturated rings. The Balaban J connectivity index is 1.65. The van der Waals surface area contributed by atoms with E-state index in [0.717, 1.165) is 21.5 Å². The topological polar surface area (TPSA) is 59.8 Å². The molecule has 130 valence electrons. The fourth-order valence-corrected chi connectivity index (χ4v) is 3.99. The number of thiophene rings is 1. The summed E-state index contributed by atoms with van der Waals surface area (Å²) in [5, 5.41) is 9.10. The first-order valence-electron chi connectivity index (χ1n) is 8.04. The lowest BCUT2D eigenvalue weighted by atomic mass is 10.2. The van der Waals surface area contributed by atoms with Crippen molar-refractivity contribution in [3.05, 3.63) is 75.9 Å². The standard InChI is InChI=1S/C19H15ClN4OS/c1-12-14-10-16(18(25)22-17-8-4-5-9-21-17)26-19(14)24(23-12)11-13-6-2-3-7-15(13)20/h2-10H,11H2,1H3,(H,21,22,25). The van der Waals surface area contributed by atoms with Crippen LogP contribution in [-0.4, -0.2) is 20.7 Å². The van der Waals surface area contributed by atoms with E-state index in [9.17, 15) is 4.79 Å². The van der Waals surface area contributed by atoms with Gasteiger partial charge >= 0.3 is 0 Å². The van der Waals surface area contributed by atoms with Gasteiger partial charge in [-0.1, -0.05) is 35.9 Å². The first kappa shape index (κ1) is 16.8. The molecule has 0 bridgehead atoms. The molecule has 5 nitrogen and oxygen atoms in total. The van der Waals surface area contributed by atoms with E-state index in [0.29, 0.717) is 22.3 Å². The van der Waals surface area contributed by atoms with Crippen molar-refractivity contribution in [1.29, 1.82) is 0 Å². The van der Waals surface area contributed by atoms with Gasteiger partial charge in [-0.15, -0.1) is 11.3 Å². The molecule has 0 aliphatic heterocycles. The third-order valence-corrected chi connectivity index (χ3v) is 5.53. The zero-order valence-corrected chi connectivity index (χ0v) is 15.5. The maximum absolute atomic E-state index is 12.5. The van der Waals surface area contributed by atoms with Gasteiger partial charge in [-0.25, -0.2) is 4.98 Å². The molecule has 3 aromatic heterocycles. The van der Waals surface area contributed by atoms with E-state index >= 15 is 0 Å². The van der Waals surface area contributed by atoms with E-state index in [4.69, 9.17) is 11.6 Å². The molecule has 0 saturated heterocycles. The Bertz CT molecular complexity index is 1090. The molecule has 0 aliphatic rings. The molecule has 4 rings (SSSR count). The van der Waals surface area contributed by atoms with Crippen LogP contribution in [0.25, 0.3) is 10.2 Å². The number of pyridine rings is 1. The summed E-state index contributed by atoms with van der Waals surface area (Å²) in [6.45, 7) is 2.50. The average molecular weight is 383 g/mol. The lowest BCUT2D eigenvalue weighted by molar-refractivity contribution is 0.103. The monoisotopic (exact) mass is 382 g/mol. The molecule has 0 atom stereocenters. The molecule has 0 saturated carbocycles. The molecule has 26 heavy (non-hydrogen) atoms. The Labute approximate surface area is 159 Å². The van der Waals surface area contributed by atoms with Crippen molar-refractivity contribution in [3.8, 4) is 0 Å². The van der Waals surface area contributed by atoms with Crippen molar-refractivity contribution < 1.29 is 4.79 Å². The van der Waals surface area contributed by atoms with Crippen molar-refractivity contribution in [2.24, 2.45) is 0 Å². The van der Waals surface area contributed by atoms with Gasteiger partial charge in [0.25, 0.3) is 5.91 Å². The van der Waals surface area contributed by atoms with Crippen molar-refractivity contribution in [2.45, 2.75) is 13.5 Å². The summed E-state index contributed by atoms with van der Waals surface area (Å²) in [4.78, 5) is 18.2. The minimum atomic E-state index is -0.173. The number of anilines is 1. The highest BCUT2D eigenvalue weighted by molar-refractivity contribution is 7.20. The van der Waals surface area contributed by atoms with Gasteiger partial charge in [0.2, 0.25) is 0 Å². The van der Waals surface area contributed by atoms with Crippen LogP contribution >= 0.6 is 22.9 Å². The molecule has 1 amide bonds. The Morgan fingerprint density at radius 1 is 1.23 bits per heavy atom. The summed E-state index contributed by atoms with van der Waals surface area (Å²) < 4.78 is 1.90. The fourth-order valence-electron chi connectivity index (χ4n) is 2.73. The summed E-state index contributed by atoms with van der Waals surface area (Å²) in [5.41, 5.74) is 1.88. The number of aryl methyl sites for hydroxylation is 1. The molecule has 4 aromatic rings. The fraction of sp³-hybridized carbons (Fsp3) is 0.105. The van der Waals surface area contributed by atoms with Gasteiger partial charge in [0.05, 0.1) is 17.1 Å². The third-order valence-electron chi connectivity index (χ3n) is 4.02. The zero-order chi connectivity index (χ0) is 18.1. The van der Waals surface area contributed by atoms with Crippen LogP contribution < -0.4 is 5.32 Å². The number of halogens is 1. The molecule has 0 unspecified atom stereocenters. The van der Waals surface area contributed by atoms with E-state index in [1.54, 1.807) is 12.3 Å². The lowest BCUT2D eigenvalue weighted by Gasteiger charge is -2.05. The molecule has 0 radical (unpaired) electrons. The van der Waals surface area contributed by atoms with Gasteiger partial charge in [0, 0.05) is 16.6 Å². The van der Waals surface area contributed by atoms with Crippen LogP contribution in [0.15, 0.2) is 54.7 Å². The summed E-state index contributed by atoms with van der Waals surface area (Å²) in [6, 6.07) is 15.0. The number of nitrogens with zero attached hydrogens (tertiary/aromatic N) is 3. The molecule has 0 spiro atoms. The van der Waals surface area contributed by atoms with Gasteiger partial charge in [-0.2, -0.15) is 5.10 Å². The van der Waals surface area contributed by atoms with Crippen LogP contribution in [0.4, 0.5) is 5.82 Å². The number of carbonyl (C=O) groups is 1. The number of benzene rings is 1. The van der Waals surface area contributed by atoms with Crippen molar-refractivity contribution in [2.75, 3.05) is 5.32 Å². The van der Waals surface area contributed by atoms with Crippen molar-refractivity contribution in [3.63, 3.8) is 0 Å². The van der Waals surface area contributed by atoms with Gasteiger partial charge in [-0.05, 0) is 36.8 Å². The first-order chi connectivity index (χ1) is 12.6. The van der Waals surface area contributed by atoms with Crippen LogP contribution in [-0.2, 0) is 6.54 Å². The molecule has 0 aliphatic carbocycles. The summed E-state index contributed by atoms with van der Waals surface area (Å²) >= 11 is 7.68. The smallest absolute Gasteiger partial charge is 0.266 e. The van der Waals surface area contributed by atoms with Gasteiger partial charge < -0.3 is 5.32 Å². The zero-order valence-electron chi connectivity index (χ0n) is 13.9. The Morgan fingerprint density at radius 2 is 2.04 bits per heavy atom. The van der Waals surface area contributed by atoms with Crippen molar-refractivity contribution >= 4 is 44.9 Å². The Morgan fingerprint density at radius 3 is 2.81 bits per heavy atom. The third kappa shape index (κ3) is 3.21. The maximum atomic E-state index is 12.5. The Kier molecular flexibility index (Phi) is 4.44. The lowest BCUT2D eigenvalue weighted by Crippen LogP contribution is -2.11. The highest BCUT2D eigenvalue weighted by Crippen LogP contribution is 2.30. The number of amides is 1. The summed E-state index contributed by atoms with van der Waals surface area (Å²) in [5.74, 6) is 0.359. The molecule has 1 N–H and O–H groups in total. The quantitative estimate of drug-likeness (QED) is 0.553. The summed E-state index contributed by atoms with van der Waals surface area (Å²) in [7, 11) is 0. The number of rotatable bonds is 4. The highest BCUT2D eigenvalue weighted by Gasteiger charge is 2.17. The minimum Gasteiger partial charge on any atom is -0.306 e. The molecule has 7 heteroatoms. The van der Waals surface area contributed by atoms with Crippen LogP contribution in [0.1, 0.15) is 20.9 Å². The number of carbonyl (C=O) groups excluding carboxylic acids is 1. The molecular weight excluding hydrogens is 368 g/mol. The number of hydrogen-bond donors (Lipinski definition) is 1. The van der Waals surface area contributed by atoms with Gasteiger partial charge in [-0.3, -0.25) is 9.48 Å². The summed E-state index contributed by atoms with van der Waals surface area (Å²) in [6.07, 6.45) is 1.65. The van der Waals surface area contributed by atoms with Crippen LogP contribution in [0.5, 0.6) is 0 Å². The van der Waals surface area contributed by atoms with Crippen LogP contribution in [0.2, 0.25) is 5.02 Å². The predicted molar refractivity (Wildman–Crippen MR) is 105 cm³/mol. The number of aromatic nitrogens is 3. The molecule has 3 heterocycles. The first-order valence-corrected chi connectivity index (χ1v) is 9.24. The van der Waals surface area contributed by atoms with E-state index in [1.165, 1.54) is 11.3 Å². The van der Waals surface area contributed by atoms with E-state index < -0.39 is 0 Å². The molecular formula is C19H15ClN4OS. The van der Waals surface area contributed by atoms with Crippen LogP contribution in [0.3, 0.4) is 0 Å². The van der Waals surface area contributed by atoms with Gasteiger partial charge in [0.15, 0.2) is 0 Å². The van der Waals surface area contributed by atoms with Crippen LogP contribution in [0, 0.1) is 6.92 Å². The number of fused-ring (bicyclic) bond motifs is 1. The number of nitrogens with one attached hydrogen (secondary N) is 1. The second-order valence-corrected chi connectivity index (χ2v) is 7.27. The number of hydrogen-bond acceptors (Lipinski definition) is 4. The Hall–Kier alpha value is -2.70. The minimum absolute atomic E-state index is 0.173. The highest BCUT2D eigenvalue weighted by atomic mass is 35.5. The second-order valence-electron chi connectivity index (χ2n) is 5.83. The van der Waals surface area contributed by atoms with E-state index in [-0.39, 0.29) is 5.91 Å². The van der Waals surface area contributed by atoms with E-state index in [2.05, 4.69) is 15.4 Å². The van der Waals surface area contributed by atoms with Crippen molar-refractivity contribution in [1.82, 2.24) is 14.8 Å². The van der Waals surface area contributed by atoms with Gasteiger partial charge in [0.1, 0.15) is 10.6 Å². The van der Waals surface area contributed by atoms with E-state index in [1.807, 2.05) is 54.1 Å².